The highest BCUT2D eigenvalue weighted by Gasteiger charge is 2.27. The van der Waals surface area contributed by atoms with Crippen molar-refractivity contribution < 1.29 is 5.11 Å². The second-order valence-electron chi connectivity index (χ2n) is 7.64. The zero-order valence-electron chi connectivity index (χ0n) is 15.6. The molecular formula is C22H29N3O. The van der Waals surface area contributed by atoms with Crippen LogP contribution in [-0.2, 0) is 0 Å². The van der Waals surface area contributed by atoms with E-state index in [4.69, 9.17) is 0 Å². The molecule has 138 valence electrons. The number of aliphatic hydroxyl groups excluding tert-OH is 1. The van der Waals surface area contributed by atoms with Gasteiger partial charge in [0.1, 0.15) is 0 Å². The van der Waals surface area contributed by atoms with Crippen molar-refractivity contribution in [3.63, 3.8) is 0 Å². The lowest BCUT2D eigenvalue weighted by Crippen LogP contribution is -2.50. The summed E-state index contributed by atoms with van der Waals surface area (Å²) in [4.78, 5) is 7.18. The topological polar surface area (TPSA) is 30.0 Å². The van der Waals surface area contributed by atoms with Gasteiger partial charge in [0.25, 0.3) is 0 Å². The molecule has 0 aromatic heterocycles. The van der Waals surface area contributed by atoms with Crippen LogP contribution >= 0.6 is 0 Å². The van der Waals surface area contributed by atoms with Crippen molar-refractivity contribution >= 4 is 11.4 Å². The van der Waals surface area contributed by atoms with Gasteiger partial charge in [-0.2, -0.15) is 0 Å². The standard InChI is InChI=1S/C22H29N3O/c1-18-15-25(22-10-6-5-9-21(18)22)17-20(26)16-23-11-13-24(14-12-23)19-7-3-2-4-8-19/h2-10,18,20,26H,11-17H2,1H3. The number of hydrogen-bond acceptors (Lipinski definition) is 4. The lowest BCUT2D eigenvalue weighted by molar-refractivity contribution is 0.113. The molecule has 2 aliphatic heterocycles. The van der Waals surface area contributed by atoms with Crippen LogP contribution < -0.4 is 9.80 Å². The quantitative estimate of drug-likeness (QED) is 0.897. The fourth-order valence-corrected chi connectivity index (χ4v) is 4.33. The number of piperazine rings is 1. The van der Waals surface area contributed by atoms with Crippen LogP contribution in [-0.4, -0.2) is 61.9 Å². The Balaban J connectivity index is 1.28. The highest BCUT2D eigenvalue weighted by atomic mass is 16.3. The number of β-amino-alcohol motifs (C(OH)–C–C–N with tert-alkyl or cyclic N) is 1. The van der Waals surface area contributed by atoms with Crippen molar-refractivity contribution in [3.8, 4) is 0 Å². The van der Waals surface area contributed by atoms with Crippen LogP contribution in [0.4, 0.5) is 11.4 Å². The van der Waals surface area contributed by atoms with Gasteiger partial charge in [-0.3, -0.25) is 4.90 Å². The molecule has 26 heavy (non-hydrogen) atoms. The summed E-state index contributed by atoms with van der Waals surface area (Å²) < 4.78 is 0. The fourth-order valence-electron chi connectivity index (χ4n) is 4.33. The first kappa shape index (κ1) is 17.4. The molecule has 1 fully saturated rings. The molecule has 0 aliphatic carbocycles. The number of fused-ring (bicyclic) bond motifs is 1. The number of hydrogen-bond donors (Lipinski definition) is 1. The number of benzene rings is 2. The zero-order chi connectivity index (χ0) is 17.9. The molecule has 0 radical (unpaired) electrons. The van der Waals surface area contributed by atoms with E-state index in [0.717, 1.165) is 45.8 Å². The van der Waals surface area contributed by atoms with E-state index in [2.05, 4.69) is 76.2 Å². The smallest absolute Gasteiger partial charge is 0.0841 e. The average Bonchev–Trinajstić information content (AvgIpc) is 2.99. The van der Waals surface area contributed by atoms with Gasteiger partial charge in [-0.15, -0.1) is 0 Å². The Hall–Kier alpha value is -2.04. The molecule has 2 aliphatic rings. The Morgan fingerprint density at radius 2 is 1.62 bits per heavy atom. The van der Waals surface area contributed by atoms with Gasteiger partial charge < -0.3 is 14.9 Å². The summed E-state index contributed by atoms with van der Waals surface area (Å²) in [6, 6.07) is 19.2. The maximum atomic E-state index is 10.7. The Bertz CT molecular complexity index is 712. The molecule has 0 bridgehead atoms. The number of nitrogens with zero attached hydrogens (tertiary/aromatic N) is 3. The van der Waals surface area contributed by atoms with Crippen molar-refractivity contribution in [3.05, 3.63) is 60.2 Å². The van der Waals surface area contributed by atoms with Crippen LogP contribution in [0, 0.1) is 0 Å². The number of para-hydroxylation sites is 2. The van der Waals surface area contributed by atoms with E-state index >= 15 is 0 Å². The van der Waals surface area contributed by atoms with Gasteiger partial charge in [0, 0.05) is 63.1 Å². The Kier molecular flexibility index (Phi) is 5.14. The summed E-state index contributed by atoms with van der Waals surface area (Å²) in [6.45, 7) is 8.85. The summed E-state index contributed by atoms with van der Waals surface area (Å²) in [5.74, 6) is 0.549. The zero-order valence-corrected chi connectivity index (χ0v) is 15.6. The normalized spacial score (nSPS) is 21.7. The highest BCUT2D eigenvalue weighted by molar-refractivity contribution is 5.60. The molecule has 4 heteroatoms. The van der Waals surface area contributed by atoms with E-state index in [9.17, 15) is 5.11 Å². The molecule has 0 saturated carbocycles. The third-order valence-electron chi connectivity index (χ3n) is 5.70. The molecule has 2 unspecified atom stereocenters. The van der Waals surface area contributed by atoms with Crippen LogP contribution in [0.5, 0.6) is 0 Å². The second kappa shape index (κ2) is 7.68. The fraction of sp³-hybridized carbons (Fsp3) is 0.455. The predicted octanol–water partition coefficient (Wildman–Crippen LogP) is 2.79. The second-order valence-corrected chi connectivity index (χ2v) is 7.64. The minimum atomic E-state index is -0.309. The molecular weight excluding hydrogens is 322 g/mol. The van der Waals surface area contributed by atoms with E-state index in [1.807, 2.05) is 0 Å². The molecule has 0 spiro atoms. The lowest BCUT2D eigenvalue weighted by atomic mass is 10.0. The van der Waals surface area contributed by atoms with E-state index in [-0.39, 0.29) is 6.10 Å². The summed E-state index contributed by atoms with van der Waals surface area (Å²) in [7, 11) is 0. The SMILES string of the molecule is CC1CN(CC(O)CN2CCN(c3ccccc3)CC2)c2ccccc21. The van der Waals surface area contributed by atoms with Gasteiger partial charge >= 0.3 is 0 Å². The Labute approximate surface area is 156 Å². The van der Waals surface area contributed by atoms with Gasteiger partial charge in [0.05, 0.1) is 6.10 Å². The number of rotatable bonds is 5. The van der Waals surface area contributed by atoms with Gasteiger partial charge in [-0.05, 0) is 23.8 Å². The van der Waals surface area contributed by atoms with Gasteiger partial charge in [0.2, 0.25) is 0 Å². The third-order valence-corrected chi connectivity index (χ3v) is 5.70. The molecule has 0 amide bonds. The third kappa shape index (κ3) is 3.71. The molecule has 1 saturated heterocycles. The first-order valence-corrected chi connectivity index (χ1v) is 9.75. The number of aliphatic hydroxyl groups is 1. The van der Waals surface area contributed by atoms with Crippen molar-refractivity contribution in [1.29, 1.82) is 0 Å². The molecule has 2 heterocycles. The van der Waals surface area contributed by atoms with Crippen LogP contribution in [0.2, 0.25) is 0 Å². The molecule has 1 N–H and O–H groups in total. The Morgan fingerprint density at radius 3 is 2.38 bits per heavy atom. The predicted molar refractivity (Wildman–Crippen MR) is 108 cm³/mol. The van der Waals surface area contributed by atoms with Gasteiger partial charge in [0.15, 0.2) is 0 Å². The van der Waals surface area contributed by atoms with Gasteiger partial charge in [-0.1, -0.05) is 43.3 Å². The van der Waals surface area contributed by atoms with E-state index < -0.39 is 0 Å². The molecule has 2 aromatic rings. The monoisotopic (exact) mass is 351 g/mol. The lowest BCUT2D eigenvalue weighted by Gasteiger charge is -2.37. The minimum Gasteiger partial charge on any atom is -0.390 e. The molecule has 2 atom stereocenters. The van der Waals surface area contributed by atoms with E-state index in [0.29, 0.717) is 5.92 Å². The summed E-state index contributed by atoms with van der Waals surface area (Å²) >= 11 is 0. The number of anilines is 2. The molecule has 2 aromatic carbocycles. The first-order chi connectivity index (χ1) is 12.7. The maximum absolute atomic E-state index is 10.7. The summed E-state index contributed by atoms with van der Waals surface area (Å²) in [6.07, 6.45) is -0.309. The molecule has 4 rings (SSSR count). The molecule has 4 nitrogen and oxygen atoms in total. The Morgan fingerprint density at radius 1 is 0.923 bits per heavy atom. The van der Waals surface area contributed by atoms with Crippen LogP contribution in [0.1, 0.15) is 18.4 Å². The largest absolute Gasteiger partial charge is 0.390 e. The highest BCUT2D eigenvalue weighted by Crippen LogP contribution is 2.35. The van der Waals surface area contributed by atoms with Crippen molar-refractivity contribution in [2.24, 2.45) is 0 Å². The van der Waals surface area contributed by atoms with Crippen LogP contribution in [0.3, 0.4) is 0 Å². The maximum Gasteiger partial charge on any atom is 0.0841 e. The van der Waals surface area contributed by atoms with Crippen LogP contribution in [0.25, 0.3) is 0 Å². The van der Waals surface area contributed by atoms with Crippen LogP contribution in [0.15, 0.2) is 54.6 Å². The van der Waals surface area contributed by atoms with Crippen molar-refractivity contribution in [1.82, 2.24) is 4.90 Å². The first-order valence-electron chi connectivity index (χ1n) is 9.75. The van der Waals surface area contributed by atoms with Gasteiger partial charge in [-0.25, -0.2) is 0 Å². The van der Waals surface area contributed by atoms with E-state index in [1.165, 1.54) is 16.9 Å². The minimum absolute atomic E-state index is 0.309. The van der Waals surface area contributed by atoms with Crippen molar-refractivity contribution in [2.75, 3.05) is 55.6 Å². The van der Waals surface area contributed by atoms with E-state index in [1.54, 1.807) is 0 Å². The summed E-state index contributed by atoms with van der Waals surface area (Å²) in [5, 5.41) is 10.7. The summed E-state index contributed by atoms with van der Waals surface area (Å²) in [5.41, 5.74) is 4.01. The van der Waals surface area contributed by atoms with Crippen molar-refractivity contribution in [2.45, 2.75) is 18.9 Å². The average molecular weight is 351 g/mol.